The molecule has 1 saturated carbocycles. The van der Waals surface area contributed by atoms with Gasteiger partial charge in [-0.3, -0.25) is 0 Å². The van der Waals surface area contributed by atoms with E-state index >= 15 is 0 Å². The lowest BCUT2D eigenvalue weighted by atomic mass is 10.1. The molecular weight excluding hydrogens is 234 g/mol. The molecule has 0 spiro atoms. The zero-order valence-corrected chi connectivity index (χ0v) is 11.9. The minimum absolute atomic E-state index is 0.518. The Labute approximate surface area is 116 Å². The fraction of sp³-hybridized carbons (Fsp3) is 0.562. The Morgan fingerprint density at radius 3 is 2.42 bits per heavy atom. The Bertz CT molecular complexity index is 401. The summed E-state index contributed by atoms with van der Waals surface area (Å²) in [7, 11) is 0. The third-order valence-electron chi connectivity index (χ3n) is 3.76. The van der Waals surface area contributed by atoms with Crippen LogP contribution in [0.1, 0.15) is 49.7 Å². The molecule has 19 heavy (non-hydrogen) atoms. The summed E-state index contributed by atoms with van der Waals surface area (Å²) in [4.78, 5) is 4.43. The van der Waals surface area contributed by atoms with Gasteiger partial charge in [-0.05, 0) is 25.3 Å². The van der Waals surface area contributed by atoms with Crippen molar-refractivity contribution in [1.82, 2.24) is 5.32 Å². The number of benzene rings is 1. The van der Waals surface area contributed by atoms with Crippen molar-refractivity contribution >= 4 is 5.96 Å². The van der Waals surface area contributed by atoms with Crippen LogP contribution in [0.4, 0.5) is 0 Å². The number of nitrogens with zero attached hydrogens (tertiary/aromatic N) is 1. The fourth-order valence-electron chi connectivity index (χ4n) is 2.55. The molecule has 104 valence electrons. The highest BCUT2D eigenvalue weighted by molar-refractivity contribution is 5.78. The van der Waals surface area contributed by atoms with Gasteiger partial charge in [0.15, 0.2) is 5.96 Å². The molecule has 1 aliphatic carbocycles. The van der Waals surface area contributed by atoms with Crippen LogP contribution < -0.4 is 11.1 Å². The van der Waals surface area contributed by atoms with Crippen molar-refractivity contribution < 1.29 is 0 Å². The first-order valence-corrected chi connectivity index (χ1v) is 7.36. The maximum Gasteiger partial charge on any atom is 0.189 e. The number of guanidine groups is 1. The lowest BCUT2D eigenvalue weighted by Crippen LogP contribution is -2.39. The second-order valence-electron chi connectivity index (χ2n) is 5.52. The third kappa shape index (κ3) is 4.93. The predicted octanol–water partition coefficient (Wildman–Crippen LogP) is 3.12. The molecule has 3 N–H and O–H groups in total. The molecule has 2 rings (SSSR count). The molecule has 0 heterocycles. The van der Waals surface area contributed by atoms with Crippen LogP contribution >= 0.6 is 0 Å². The molecule has 0 aromatic heterocycles. The quantitative estimate of drug-likeness (QED) is 0.498. The maximum atomic E-state index is 5.97. The molecule has 1 fully saturated rings. The van der Waals surface area contributed by atoms with Gasteiger partial charge in [-0.2, -0.15) is 0 Å². The van der Waals surface area contributed by atoms with Gasteiger partial charge in [0, 0.05) is 6.04 Å². The van der Waals surface area contributed by atoms with Crippen molar-refractivity contribution in [2.75, 3.05) is 0 Å². The molecule has 3 heteroatoms. The Morgan fingerprint density at radius 1 is 1.16 bits per heavy atom. The molecule has 1 aliphatic rings. The van der Waals surface area contributed by atoms with E-state index in [0.29, 0.717) is 18.5 Å². The summed E-state index contributed by atoms with van der Waals surface area (Å²) in [6, 6.07) is 8.96. The smallest absolute Gasteiger partial charge is 0.189 e. The SMILES string of the molecule is Cc1ccc(CN=C(N)NC2CCCCCC2)cc1. The van der Waals surface area contributed by atoms with Crippen molar-refractivity contribution in [3.8, 4) is 0 Å². The molecule has 0 saturated heterocycles. The second kappa shape index (κ2) is 7.17. The molecule has 1 aromatic carbocycles. The number of rotatable bonds is 3. The topological polar surface area (TPSA) is 50.4 Å². The summed E-state index contributed by atoms with van der Waals surface area (Å²) >= 11 is 0. The Kier molecular flexibility index (Phi) is 5.25. The summed E-state index contributed by atoms with van der Waals surface area (Å²) in [6.45, 7) is 2.75. The van der Waals surface area contributed by atoms with Crippen LogP contribution in [-0.4, -0.2) is 12.0 Å². The second-order valence-corrected chi connectivity index (χ2v) is 5.52. The third-order valence-corrected chi connectivity index (χ3v) is 3.76. The normalized spacial score (nSPS) is 18.1. The molecular formula is C16H25N3. The molecule has 0 unspecified atom stereocenters. The largest absolute Gasteiger partial charge is 0.370 e. The average Bonchev–Trinajstić information content (AvgIpc) is 2.67. The number of hydrogen-bond donors (Lipinski definition) is 2. The van der Waals surface area contributed by atoms with Crippen molar-refractivity contribution in [3.05, 3.63) is 35.4 Å². The molecule has 3 nitrogen and oxygen atoms in total. The summed E-state index contributed by atoms with van der Waals surface area (Å²) < 4.78 is 0. The number of aryl methyl sites for hydroxylation is 1. The first-order chi connectivity index (χ1) is 9.24. The van der Waals surface area contributed by atoms with Gasteiger partial charge in [-0.15, -0.1) is 0 Å². The molecule has 0 amide bonds. The van der Waals surface area contributed by atoms with E-state index in [0.717, 1.165) is 0 Å². The maximum absolute atomic E-state index is 5.97. The Hall–Kier alpha value is -1.51. The minimum atomic E-state index is 0.518. The van der Waals surface area contributed by atoms with E-state index in [4.69, 9.17) is 5.73 Å². The molecule has 0 bridgehead atoms. The van der Waals surface area contributed by atoms with Crippen LogP contribution in [0.15, 0.2) is 29.3 Å². The summed E-state index contributed by atoms with van der Waals surface area (Å²) in [5.41, 5.74) is 8.45. The molecule has 1 aromatic rings. The van der Waals surface area contributed by atoms with E-state index in [1.165, 1.54) is 49.7 Å². The van der Waals surface area contributed by atoms with Crippen molar-refractivity contribution in [2.45, 2.75) is 58.0 Å². The Balaban J connectivity index is 1.82. The van der Waals surface area contributed by atoms with Crippen LogP contribution in [0.2, 0.25) is 0 Å². The van der Waals surface area contributed by atoms with Gasteiger partial charge in [0.05, 0.1) is 6.54 Å². The highest BCUT2D eigenvalue weighted by atomic mass is 15.1. The lowest BCUT2D eigenvalue weighted by Gasteiger charge is -2.16. The number of hydrogen-bond acceptors (Lipinski definition) is 1. The van der Waals surface area contributed by atoms with Gasteiger partial charge >= 0.3 is 0 Å². The van der Waals surface area contributed by atoms with E-state index in [1.54, 1.807) is 0 Å². The predicted molar refractivity (Wildman–Crippen MR) is 81.1 cm³/mol. The van der Waals surface area contributed by atoms with Crippen LogP contribution in [0.3, 0.4) is 0 Å². The first-order valence-electron chi connectivity index (χ1n) is 7.36. The highest BCUT2D eigenvalue weighted by Crippen LogP contribution is 2.16. The van der Waals surface area contributed by atoms with E-state index in [-0.39, 0.29) is 0 Å². The van der Waals surface area contributed by atoms with Crippen molar-refractivity contribution in [1.29, 1.82) is 0 Å². The number of nitrogens with one attached hydrogen (secondary N) is 1. The van der Waals surface area contributed by atoms with E-state index < -0.39 is 0 Å². The summed E-state index contributed by atoms with van der Waals surface area (Å²) in [5.74, 6) is 0.590. The van der Waals surface area contributed by atoms with E-state index in [9.17, 15) is 0 Å². The van der Waals surface area contributed by atoms with Gasteiger partial charge in [0.1, 0.15) is 0 Å². The van der Waals surface area contributed by atoms with Gasteiger partial charge in [-0.1, -0.05) is 55.5 Å². The zero-order chi connectivity index (χ0) is 13.5. The van der Waals surface area contributed by atoms with Crippen LogP contribution in [0, 0.1) is 6.92 Å². The van der Waals surface area contributed by atoms with E-state index in [2.05, 4.69) is 41.5 Å². The van der Waals surface area contributed by atoms with Crippen molar-refractivity contribution in [2.24, 2.45) is 10.7 Å². The summed E-state index contributed by atoms with van der Waals surface area (Å²) in [5, 5.41) is 3.37. The standard InChI is InChI=1S/C16H25N3/c1-13-8-10-14(11-9-13)12-18-16(17)19-15-6-4-2-3-5-7-15/h8-11,15H,2-7,12H2,1H3,(H3,17,18,19). The zero-order valence-electron chi connectivity index (χ0n) is 11.9. The molecule has 0 atom stereocenters. The molecule has 0 aliphatic heterocycles. The fourth-order valence-corrected chi connectivity index (χ4v) is 2.55. The van der Waals surface area contributed by atoms with Crippen LogP contribution in [0.5, 0.6) is 0 Å². The van der Waals surface area contributed by atoms with Crippen LogP contribution in [0.25, 0.3) is 0 Å². The van der Waals surface area contributed by atoms with Crippen molar-refractivity contribution in [3.63, 3.8) is 0 Å². The van der Waals surface area contributed by atoms with Gasteiger partial charge < -0.3 is 11.1 Å². The van der Waals surface area contributed by atoms with Gasteiger partial charge in [-0.25, -0.2) is 4.99 Å². The monoisotopic (exact) mass is 259 g/mol. The lowest BCUT2D eigenvalue weighted by molar-refractivity contribution is 0.530. The highest BCUT2D eigenvalue weighted by Gasteiger charge is 2.11. The number of aliphatic imine (C=N–C) groups is 1. The van der Waals surface area contributed by atoms with Gasteiger partial charge in [0.25, 0.3) is 0 Å². The summed E-state index contributed by atoms with van der Waals surface area (Å²) in [6.07, 6.45) is 7.78. The van der Waals surface area contributed by atoms with Crippen LogP contribution in [-0.2, 0) is 6.54 Å². The average molecular weight is 259 g/mol. The molecule has 0 radical (unpaired) electrons. The number of nitrogens with two attached hydrogens (primary N) is 1. The minimum Gasteiger partial charge on any atom is -0.370 e. The van der Waals surface area contributed by atoms with E-state index in [1.807, 2.05) is 0 Å². The van der Waals surface area contributed by atoms with Gasteiger partial charge in [0.2, 0.25) is 0 Å². The first kappa shape index (κ1) is 13.9. The Morgan fingerprint density at radius 2 is 1.79 bits per heavy atom.